The molecule has 0 spiro atoms. The van der Waals surface area contributed by atoms with Crippen LogP contribution in [0.3, 0.4) is 0 Å². The van der Waals surface area contributed by atoms with Gasteiger partial charge in [-0.25, -0.2) is 0 Å². The molecule has 0 bridgehead atoms. The third kappa shape index (κ3) is 6.70. The summed E-state index contributed by atoms with van der Waals surface area (Å²) in [5.41, 5.74) is 13.0. The highest BCUT2D eigenvalue weighted by atomic mass is 16.4. The van der Waals surface area contributed by atoms with Crippen molar-refractivity contribution in [3.63, 3.8) is 0 Å². The summed E-state index contributed by atoms with van der Waals surface area (Å²) in [6.07, 6.45) is 5.67. The fourth-order valence-corrected chi connectivity index (χ4v) is 5.65. The molecule has 0 amide bonds. The Balaban J connectivity index is 0.990. The van der Waals surface area contributed by atoms with Crippen molar-refractivity contribution >= 4 is 22.6 Å². The Bertz CT molecular complexity index is 2100. The summed E-state index contributed by atoms with van der Waals surface area (Å²) in [4.78, 5) is 0. The molecule has 0 radical (unpaired) electrons. The molecule has 5 heteroatoms. The quantitative estimate of drug-likeness (QED) is 0.153. The Morgan fingerprint density at radius 1 is 0.553 bits per heavy atom. The third-order valence-electron chi connectivity index (χ3n) is 8.48. The van der Waals surface area contributed by atoms with Crippen LogP contribution in [0, 0.1) is 0 Å². The Labute approximate surface area is 275 Å². The monoisotopic (exact) mass is 610 g/mol. The molecule has 7 rings (SSSR count). The van der Waals surface area contributed by atoms with Crippen molar-refractivity contribution in [3.8, 4) is 33.7 Å². The zero-order chi connectivity index (χ0) is 32.0. The van der Waals surface area contributed by atoms with Gasteiger partial charge in [-0.3, -0.25) is 0 Å². The van der Waals surface area contributed by atoms with Crippen LogP contribution in [0.1, 0.15) is 49.3 Å². The summed E-state index contributed by atoms with van der Waals surface area (Å²) in [5, 5.41) is 17.7. The molecule has 0 unspecified atom stereocenters. The number of hydrogen-bond donors (Lipinski definition) is 0. The summed E-state index contributed by atoms with van der Waals surface area (Å²) in [7, 11) is 0. The van der Waals surface area contributed by atoms with E-state index in [1.807, 2.05) is 36.4 Å². The van der Waals surface area contributed by atoms with E-state index in [-0.39, 0.29) is 0 Å². The van der Waals surface area contributed by atoms with Gasteiger partial charge in [0.05, 0.1) is 11.4 Å². The van der Waals surface area contributed by atoms with E-state index in [0.717, 1.165) is 51.2 Å². The predicted molar refractivity (Wildman–Crippen MR) is 193 cm³/mol. The molecule has 0 fully saturated rings. The van der Waals surface area contributed by atoms with Gasteiger partial charge in [-0.1, -0.05) is 140 Å². The third-order valence-corrected chi connectivity index (χ3v) is 8.48. The van der Waals surface area contributed by atoms with Crippen LogP contribution in [-0.2, 0) is 0 Å². The maximum absolute atomic E-state index is 6.10. The lowest BCUT2D eigenvalue weighted by Crippen LogP contribution is -2.05. The van der Waals surface area contributed by atoms with Crippen molar-refractivity contribution in [1.29, 1.82) is 0 Å². The minimum atomic E-state index is 0.509. The molecule has 6 aromatic rings. The molecule has 0 aliphatic carbocycles. The maximum atomic E-state index is 6.10. The highest BCUT2D eigenvalue weighted by Crippen LogP contribution is 2.28. The zero-order valence-corrected chi connectivity index (χ0v) is 26.5. The van der Waals surface area contributed by atoms with E-state index in [1.165, 1.54) is 22.3 Å². The van der Waals surface area contributed by atoms with Gasteiger partial charge in [0, 0.05) is 17.6 Å². The lowest BCUT2D eigenvalue weighted by molar-refractivity contribution is 0.551. The highest BCUT2D eigenvalue weighted by Gasteiger charge is 2.17. The summed E-state index contributed by atoms with van der Waals surface area (Å²) >= 11 is 0. The molecule has 2 heterocycles. The Kier molecular flexibility index (Phi) is 8.60. The number of allylic oxidation sites excluding steroid dienone is 4. The summed E-state index contributed by atoms with van der Waals surface area (Å²) in [5.74, 6) is 1.06. The minimum absolute atomic E-state index is 0.509. The van der Waals surface area contributed by atoms with Gasteiger partial charge in [0.15, 0.2) is 0 Å². The normalized spacial score (nSPS) is 13.4. The van der Waals surface area contributed by atoms with Crippen molar-refractivity contribution in [1.82, 2.24) is 10.2 Å². The summed E-state index contributed by atoms with van der Waals surface area (Å²) in [6, 6.07) is 46.0. The fraction of sp³-hybridized carbons (Fsp3) is 0.0952. The lowest BCUT2D eigenvalue weighted by Gasteiger charge is -2.06. The van der Waals surface area contributed by atoms with Crippen molar-refractivity contribution < 1.29 is 4.42 Å². The van der Waals surface area contributed by atoms with Gasteiger partial charge in [0.2, 0.25) is 11.8 Å². The number of hydrogen-bond acceptors (Lipinski definition) is 5. The molecule has 47 heavy (non-hydrogen) atoms. The number of aromatic nitrogens is 2. The molecule has 1 aliphatic heterocycles. The van der Waals surface area contributed by atoms with Crippen LogP contribution < -0.4 is 0 Å². The van der Waals surface area contributed by atoms with Crippen LogP contribution >= 0.6 is 0 Å². The molecule has 5 aromatic carbocycles. The van der Waals surface area contributed by atoms with E-state index in [1.54, 1.807) is 0 Å². The highest BCUT2D eigenvalue weighted by molar-refractivity contribution is 6.20. The van der Waals surface area contributed by atoms with E-state index < -0.39 is 0 Å². The molecular formula is C42H34N4O. The molecule has 0 saturated carbocycles. The van der Waals surface area contributed by atoms with Gasteiger partial charge in [0.1, 0.15) is 0 Å². The van der Waals surface area contributed by atoms with Crippen molar-refractivity contribution in [3.05, 3.63) is 168 Å². The van der Waals surface area contributed by atoms with Gasteiger partial charge in [-0.15, -0.1) is 10.2 Å². The van der Waals surface area contributed by atoms with Gasteiger partial charge >= 0.3 is 0 Å². The summed E-state index contributed by atoms with van der Waals surface area (Å²) < 4.78 is 6.10. The van der Waals surface area contributed by atoms with E-state index in [4.69, 9.17) is 4.42 Å². The Morgan fingerprint density at radius 2 is 1.02 bits per heavy atom. The smallest absolute Gasteiger partial charge is 0.248 e. The first-order chi connectivity index (χ1) is 23.1. The first kappa shape index (κ1) is 29.8. The van der Waals surface area contributed by atoms with E-state index >= 15 is 0 Å². The van der Waals surface area contributed by atoms with Crippen molar-refractivity contribution in [2.24, 2.45) is 10.2 Å². The van der Waals surface area contributed by atoms with E-state index in [0.29, 0.717) is 18.2 Å². The molecular weight excluding hydrogens is 576 g/mol. The lowest BCUT2D eigenvalue weighted by atomic mass is 9.97. The second kappa shape index (κ2) is 13.6. The molecule has 0 saturated heterocycles. The molecule has 5 nitrogen and oxygen atoms in total. The van der Waals surface area contributed by atoms with Crippen LogP contribution in [0.25, 0.3) is 44.9 Å². The molecule has 1 aliphatic rings. The fourth-order valence-electron chi connectivity index (χ4n) is 5.65. The van der Waals surface area contributed by atoms with Gasteiger partial charge in [-0.05, 0) is 70.0 Å². The standard InChI is InChI=1S/C42H34N4O/c1-3-30(15-14-29(2)31-10-6-4-7-11-31)41-45-46-42(47-41)38-26-20-35(21-27-38)34-18-24-37(25-19-34)40-28-39(43-44-40)36-22-16-33(17-23-36)32-12-8-5-9-13-32/h4-27H,3,28H2,1-2H3/b29-14+,30-15+. The van der Waals surface area contributed by atoms with Crippen LogP contribution in [0.4, 0.5) is 0 Å². The largest absolute Gasteiger partial charge is 0.416 e. The Hall–Kier alpha value is -5.94. The molecule has 0 atom stereocenters. The van der Waals surface area contributed by atoms with E-state index in [9.17, 15) is 0 Å². The van der Waals surface area contributed by atoms with Crippen molar-refractivity contribution in [2.75, 3.05) is 0 Å². The second-order valence-electron chi connectivity index (χ2n) is 11.5. The van der Waals surface area contributed by atoms with Gasteiger partial charge in [-0.2, -0.15) is 10.2 Å². The molecule has 228 valence electrons. The van der Waals surface area contributed by atoms with Crippen LogP contribution in [0.15, 0.2) is 160 Å². The maximum Gasteiger partial charge on any atom is 0.248 e. The van der Waals surface area contributed by atoms with Crippen molar-refractivity contribution in [2.45, 2.75) is 26.7 Å². The topological polar surface area (TPSA) is 63.6 Å². The summed E-state index contributed by atoms with van der Waals surface area (Å²) in [6.45, 7) is 4.20. The Morgan fingerprint density at radius 3 is 1.55 bits per heavy atom. The predicted octanol–water partition coefficient (Wildman–Crippen LogP) is 10.6. The second-order valence-corrected chi connectivity index (χ2v) is 11.5. The zero-order valence-electron chi connectivity index (χ0n) is 26.5. The van der Waals surface area contributed by atoms with E-state index in [2.05, 4.69) is 143 Å². The SMILES string of the molecule is CC/C(=C\C=C(/C)c1ccccc1)c1nnc(-c2ccc(-c3ccc(C4=NN=C(c5ccc(-c6ccccc6)cc5)C4)cc3)cc2)o1. The van der Waals surface area contributed by atoms with Crippen LogP contribution in [-0.4, -0.2) is 21.6 Å². The number of benzene rings is 5. The average molecular weight is 611 g/mol. The number of rotatable bonds is 9. The van der Waals surface area contributed by atoms with Crippen LogP contribution in [0.5, 0.6) is 0 Å². The average Bonchev–Trinajstić information content (AvgIpc) is 3.84. The first-order valence-electron chi connectivity index (χ1n) is 15.9. The first-order valence-corrected chi connectivity index (χ1v) is 15.9. The van der Waals surface area contributed by atoms with Crippen LogP contribution in [0.2, 0.25) is 0 Å². The van der Waals surface area contributed by atoms with Gasteiger partial charge < -0.3 is 4.42 Å². The minimum Gasteiger partial charge on any atom is -0.416 e. The molecule has 1 aromatic heterocycles. The molecule has 0 N–H and O–H groups in total. The number of nitrogens with zero attached hydrogens (tertiary/aromatic N) is 4. The van der Waals surface area contributed by atoms with Gasteiger partial charge in [0.25, 0.3) is 0 Å².